The minimum atomic E-state index is -3.47. The van der Waals surface area contributed by atoms with Crippen LogP contribution in [-0.2, 0) is 10.0 Å². The summed E-state index contributed by atoms with van der Waals surface area (Å²) < 4.78 is 31.9. The van der Waals surface area contributed by atoms with Crippen LogP contribution in [0.25, 0.3) is 11.3 Å². The minimum absolute atomic E-state index is 0. The molecule has 1 fully saturated rings. The number of nitrogens with zero attached hydrogens (tertiary/aromatic N) is 2. The molecule has 0 aliphatic carbocycles. The van der Waals surface area contributed by atoms with E-state index in [0.717, 1.165) is 18.5 Å². The van der Waals surface area contributed by atoms with Gasteiger partial charge in [-0.1, -0.05) is 12.1 Å². The number of sulfonamides is 1. The van der Waals surface area contributed by atoms with Gasteiger partial charge in [0, 0.05) is 32.1 Å². The zero-order valence-electron chi connectivity index (χ0n) is 13.0. The van der Waals surface area contributed by atoms with Crippen LogP contribution in [0.15, 0.2) is 39.8 Å². The van der Waals surface area contributed by atoms with Crippen LogP contribution in [0.4, 0.5) is 0 Å². The first-order chi connectivity index (χ1) is 10.5. The van der Waals surface area contributed by atoms with Crippen molar-refractivity contribution in [3.63, 3.8) is 0 Å². The number of rotatable bonds is 4. The zero-order valence-corrected chi connectivity index (χ0v) is 14.7. The summed E-state index contributed by atoms with van der Waals surface area (Å²) in [6.45, 7) is 3.33. The number of aryl methyl sites for hydroxylation is 1. The molecule has 1 aliphatic rings. The van der Waals surface area contributed by atoms with Gasteiger partial charge in [0.25, 0.3) is 0 Å². The van der Waals surface area contributed by atoms with Gasteiger partial charge >= 0.3 is 0 Å². The van der Waals surface area contributed by atoms with Crippen LogP contribution in [0.1, 0.15) is 12.3 Å². The summed E-state index contributed by atoms with van der Waals surface area (Å²) in [6, 6.07) is 6.76. The smallest absolute Gasteiger partial charge is 0.243 e. The highest BCUT2D eigenvalue weighted by atomic mass is 35.5. The van der Waals surface area contributed by atoms with E-state index in [1.807, 2.05) is 0 Å². The largest absolute Gasteiger partial charge is 0.449 e. The topological polar surface area (TPSA) is 75.4 Å². The predicted octanol–water partition coefficient (Wildman–Crippen LogP) is 2.05. The number of likely N-dealkylation sites (N-methyl/N-ethyl adjacent to an activating group) is 1. The van der Waals surface area contributed by atoms with E-state index < -0.39 is 10.0 Å². The predicted molar refractivity (Wildman–Crippen MR) is 90.1 cm³/mol. The van der Waals surface area contributed by atoms with Gasteiger partial charge in [-0.2, -0.15) is 4.31 Å². The average molecular weight is 358 g/mol. The van der Waals surface area contributed by atoms with Crippen LogP contribution in [0.2, 0.25) is 0 Å². The molecule has 126 valence electrons. The van der Waals surface area contributed by atoms with Crippen molar-refractivity contribution < 1.29 is 12.8 Å². The van der Waals surface area contributed by atoms with Crippen molar-refractivity contribution in [2.75, 3.05) is 20.1 Å². The molecular formula is C15H20ClN3O3S. The molecule has 0 saturated carbocycles. The van der Waals surface area contributed by atoms with E-state index in [1.165, 1.54) is 4.31 Å². The lowest BCUT2D eigenvalue weighted by Gasteiger charge is -2.23. The molecule has 6 nitrogen and oxygen atoms in total. The Labute approximate surface area is 142 Å². The summed E-state index contributed by atoms with van der Waals surface area (Å²) in [7, 11) is -1.83. The fourth-order valence-corrected chi connectivity index (χ4v) is 3.99. The molecule has 1 saturated heterocycles. The summed E-state index contributed by atoms with van der Waals surface area (Å²) in [6.07, 6.45) is 2.40. The summed E-state index contributed by atoms with van der Waals surface area (Å²) in [4.78, 5) is 4.53. The third kappa shape index (κ3) is 3.58. The van der Waals surface area contributed by atoms with Gasteiger partial charge in [-0.15, -0.1) is 12.4 Å². The Balaban J connectivity index is 0.00000192. The maximum atomic E-state index is 12.6. The molecule has 1 aliphatic heterocycles. The van der Waals surface area contributed by atoms with Gasteiger partial charge in [0.15, 0.2) is 5.89 Å². The quantitative estimate of drug-likeness (QED) is 0.906. The maximum Gasteiger partial charge on any atom is 0.243 e. The van der Waals surface area contributed by atoms with Crippen molar-refractivity contribution in [1.29, 1.82) is 0 Å². The fraction of sp³-hybridized carbons (Fsp3) is 0.400. The number of hydrogen-bond acceptors (Lipinski definition) is 5. The Morgan fingerprint density at radius 2 is 2.00 bits per heavy atom. The Kier molecular flexibility index (Phi) is 5.46. The van der Waals surface area contributed by atoms with Crippen LogP contribution < -0.4 is 5.32 Å². The molecule has 0 radical (unpaired) electrons. The van der Waals surface area contributed by atoms with Crippen molar-refractivity contribution in [2.45, 2.75) is 24.3 Å². The van der Waals surface area contributed by atoms with E-state index in [9.17, 15) is 8.42 Å². The molecule has 0 bridgehead atoms. The Morgan fingerprint density at radius 1 is 1.30 bits per heavy atom. The van der Waals surface area contributed by atoms with Crippen LogP contribution in [0.5, 0.6) is 0 Å². The molecule has 3 rings (SSSR count). The number of benzene rings is 1. The van der Waals surface area contributed by atoms with E-state index in [2.05, 4.69) is 10.3 Å². The van der Waals surface area contributed by atoms with Gasteiger partial charge in [0.05, 0.1) is 4.90 Å². The molecule has 1 unspecified atom stereocenters. The summed E-state index contributed by atoms with van der Waals surface area (Å²) in [5, 5.41) is 3.18. The molecule has 1 N–H and O–H groups in total. The molecule has 0 amide bonds. The molecule has 23 heavy (non-hydrogen) atoms. The first-order valence-corrected chi connectivity index (χ1v) is 8.64. The monoisotopic (exact) mass is 357 g/mol. The van der Waals surface area contributed by atoms with Crippen molar-refractivity contribution in [1.82, 2.24) is 14.6 Å². The molecule has 1 aromatic heterocycles. The molecule has 8 heteroatoms. The first kappa shape index (κ1) is 17.9. The maximum absolute atomic E-state index is 12.6. The molecule has 2 heterocycles. The number of halogens is 1. The Bertz CT molecular complexity index is 753. The van der Waals surface area contributed by atoms with Crippen molar-refractivity contribution in [2.24, 2.45) is 0 Å². The highest BCUT2D eigenvalue weighted by molar-refractivity contribution is 7.89. The van der Waals surface area contributed by atoms with Crippen LogP contribution in [-0.4, -0.2) is 43.9 Å². The first-order valence-electron chi connectivity index (χ1n) is 7.20. The number of oxazole rings is 1. The van der Waals surface area contributed by atoms with Crippen LogP contribution in [0.3, 0.4) is 0 Å². The van der Waals surface area contributed by atoms with Crippen LogP contribution >= 0.6 is 12.4 Å². The lowest BCUT2D eigenvalue weighted by molar-refractivity contribution is 0.388. The fourth-order valence-electron chi connectivity index (χ4n) is 2.61. The van der Waals surface area contributed by atoms with Gasteiger partial charge < -0.3 is 9.73 Å². The second kappa shape index (κ2) is 7.00. The third-order valence-electron chi connectivity index (χ3n) is 3.99. The standard InChI is InChI=1S/C15H19N3O3S.ClH/c1-11-17-15(10-21-11)12-3-5-14(6-4-12)22(19,20)18(2)13-7-8-16-9-13;/h3-6,10,13,16H,7-9H2,1-2H3;1H. The second-order valence-electron chi connectivity index (χ2n) is 5.44. The second-order valence-corrected chi connectivity index (χ2v) is 7.44. The summed E-state index contributed by atoms with van der Waals surface area (Å²) in [5.74, 6) is 0.583. The lowest BCUT2D eigenvalue weighted by Crippen LogP contribution is -2.38. The van der Waals surface area contributed by atoms with Crippen molar-refractivity contribution in [3.05, 3.63) is 36.4 Å². The summed E-state index contributed by atoms with van der Waals surface area (Å²) in [5.41, 5.74) is 1.54. The van der Waals surface area contributed by atoms with Gasteiger partial charge in [0.1, 0.15) is 12.0 Å². The van der Waals surface area contributed by atoms with Crippen molar-refractivity contribution >= 4 is 22.4 Å². The SMILES string of the molecule is Cc1nc(-c2ccc(S(=O)(=O)N(C)C3CCNC3)cc2)co1.Cl. The minimum Gasteiger partial charge on any atom is -0.449 e. The Hall–Kier alpha value is -1.41. The average Bonchev–Trinajstić information content (AvgIpc) is 3.18. The zero-order chi connectivity index (χ0) is 15.7. The lowest BCUT2D eigenvalue weighted by atomic mass is 10.2. The van der Waals surface area contributed by atoms with E-state index in [4.69, 9.17) is 4.42 Å². The van der Waals surface area contributed by atoms with Gasteiger partial charge in [-0.3, -0.25) is 0 Å². The van der Waals surface area contributed by atoms with E-state index in [-0.39, 0.29) is 18.4 Å². The van der Waals surface area contributed by atoms with E-state index in [1.54, 1.807) is 44.5 Å². The number of nitrogens with one attached hydrogen (secondary N) is 1. The molecule has 2 aromatic rings. The third-order valence-corrected chi connectivity index (χ3v) is 5.92. The Morgan fingerprint density at radius 3 is 2.52 bits per heavy atom. The number of aromatic nitrogens is 1. The number of hydrogen-bond donors (Lipinski definition) is 1. The van der Waals surface area contributed by atoms with Gasteiger partial charge in [-0.05, 0) is 25.1 Å². The molecule has 0 spiro atoms. The van der Waals surface area contributed by atoms with E-state index in [0.29, 0.717) is 23.0 Å². The van der Waals surface area contributed by atoms with Gasteiger partial charge in [0.2, 0.25) is 10.0 Å². The van der Waals surface area contributed by atoms with E-state index >= 15 is 0 Å². The summed E-state index contributed by atoms with van der Waals surface area (Å²) >= 11 is 0. The normalized spacial score (nSPS) is 18.1. The van der Waals surface area contributed by atoms with Crippen LogP contribution in [0, 0.1) is 6.92 Å². The molecular weight excluding hydrogens is 338 g/mol. The van der Waals surface area contributed by atoms with Crippen molar-refractivity contribution in [3.8, 4) is 11.3 Å². The van der Waals surface area contributed by atoms with Gasteiger partial charge in [-0.25, -0.2) is 13.4 Å². The highest BCUT2D eigenvalue weighted by Crippen LogP contribution is 2.23. The molecule has 1 aromatic carbocycles. The molecule has 1 atom stereocenters. The highest BCUT2D eigenvalue weighted by Gasteiger charge is 2.29.